The second kappa shape index (κ2) is 4.35. The minimum Gasteiger partial charge on any atom is -0.369 e. The van der Waals surface area contributed by atoms with Crippen LogP contribution >= 0.6 is 11.6 Å². The van der Waals surface area contributed by atoms with Crippen LogP contribution in [0.3, 0.4) is 0 Å². The highest BCUT2D eigenvalue weighted by molar-refractivity contribution is 6.34. The molecule has 1 aliphatic rings. The van der Waals surface area contributed by atoms with E-state index in [0.29, 0.717) is 5.02 Å². The zero-order valence-electron chi connectivity index (χ0n) is 11.2. The van der Waals surface area contributed by atoms with Crippen LogP contribution in [0.5, 0.6) is 0 Å². The zero-order valence-corrected chi connectivity index (χ0v) is 12.0. The van der Waals surface area contributed by atoms with Crippen LogP contribution in [0, 0.1) is 12.8 Å². The van der Waals surface area contributed by atoms with E-state index in [4.69, 9.17) is 11.6 Å². The van der Waals surface area contributed by atoms with E-state index in [0.717, 1.165) is 40.5 Å². The third kappa shape index (κ3) is 1.83. The van der Waals surface area contributed by atoms with Gasteiger partial charge in [-0.3, -0.25) is 0 Å². The van der Waals surface area contributed by atoms with Crippen molar-refractivity contribution in [1.29, 1.82) is 0 Å². The molecule has 3 aromatic rings. The number of rotatable bonds is 3. The maximum atomic E-state index is 6.32. The molecule has 4 nitrogen and oxygen atoms in total. The van der Waals surface area contributed by atoms with Gasteiger partial charge in [-0.15, -0.1) is 0 Å². The zero-order chi connectivity index (χ0) is 13.7. The molecule has 5 heteroatoms. The van der Waals surface area contributed by atoms with Crippen LogP contribution in [0.15, 0.2) is 24.3 Å². The maximum absolute atomic E-state index is 6.32. The van der Waals surface area contributed by atoms with Gasteiger partial charge in [-0.05, 0) is 37.8 Å². The van der Waals surface area contributed by atoms with Gasteiger partial charge < -0.3 is 5.32 Å². The predicted molar refractivity (Wildman–Crippen MR) is 81.5 cm³/mol. The Bertz CT molecular complexity index is 804. The Kier molecular flexibility index (Phi) is 2.60. The Labute approximate surface area is 121 Å². The van der Waals surface area contributed by atoms with Gasteiger partial charge in [0.25, 0.3) is 0 Å². The van der Waals surface area contributed by atoms with Gasteiger partial charge >= 0.3 is 0 Å². The van der Waals surface area contributed by atoms with Crippen molar-refractivity contribution in [1.82, 2.24) is 14.6 Å². The molecule has 0 unspecified atom stereocenters. The standard InChI is InChI=1S/C15H15ClN4/c1-9-13(16)15-18-14(17-8-10-6-7-10)11-4-2-3-5-12(11)20(15)19-9/h2-5,10H,6-8H2,1H3,(H,17,18). The predicted octanol–water partition coefficient (Wildman–Crippen LogP) is 3.67. The largest absolute Gasteiger partial charge is 0.369 e. The van der Waals surface area contributed by atoms with Crippen LogP contribution in [0.2, 0.25) is 5.02 Å². The summed E-state index contributed by atoms with van der Waals surface area (Å²) in [4.78, 5) is 4.68. The number of nitrogens with zero attached hydrogens (tertiary/aromatic N) is 3. The molecule has 0 atom stereocenters. The van der Waals surface area contributed by atoms with Gasteiger partial charge in [0.15, 0.2) is 5.65 Å². The summed E-state index contributed by atoms with van der Waals surface area (Å²) in [6.45, 7) is 2.89. The summed E-state index contributed by atoms with van der Waals surface area (Å²) in [5, 5.41) is 9.66. The molecule has 0 spiro atoms. The fourth-order valence-corrected chi connectivity index (χ4v) is 2.64. The molecule has 20 heavy (non-hydrogen) atoms. The molecule has 0 amide bonds. The number of hydrogen-bond donors (Lipinski definition) is 1. The van der Waals surface area contributed by atoms with Crippen molar-refractivity contribution in [2.24, 2.45) is 5.92 Å². The number of nitrogens with one attached hydrogen (secondary N) is 1. The van der Waals surface area contributed by atoms with Crippen molar-refractivity contribution >= 4 is 34.0 Å². The summed E-state index contributed by atoms with van der Waals surface area (Å²) >= 11 is 6.32. The first kappa shape index (κ1) is 12.0. The number of aryl methyl sites for hydroxylation is 1. The molecule has 4 rings (SSSR count). The molecule has 0 bridgehead atoms. The normalized spacial score (nSPS) is 15.1. The molecule has 1 N–H and O–H groups in total. The van der Waals surface area contributed by atoms with Gasteiger partial charge in [0, 0.05) is 11.9 Å². The summed E-state index contributed by atoms with van der Waals surface area (Å²) in [6.07, 6.45) is 2.64. The van der Waals surface area contributed by atoms with Crippen LogP contribution in [-0.2, 0) is 0 Å². The highest BCUT2D eigenvalue weighted by atomic mass is 35.5. The second-order valence-electron chi connectivity index (χ2n) is 5.44. The maximum Gasteiger partial charge on any atom is 0.176 e. The van der Waals surface area contributed by atoms with E-state index in [9.17, 15) is 0 Å². The first-order valence-corrected chi connectivity index (χ1v) is 7.29. The van der Waals surface area contributed by atoms with Gasteiger partial charge in [-0.25, -0.2) is 9.50 Å². The summed E-state index contributed by atoms with van der Waals surface area (Å²) < 4.78 is 1.83. The second-order valence-corrected chi connectivity index (χ2v) is 5.81. The van der Waals surface area contributed by atoms with E-state index < -0.39 is 0 Å². The lowest BCUT2D eigenvalue weighted by atomic mass is 10.2. The molecule has 0 radical (unpaired) electrons. The molecule has 1 saturated carbocycles. The molecule has 0 saturated heterocycles. The number of halogens is 1. The molecule has 2 heterocycles. The fourth-order valence-electron chi connectivity index (χ4n) is 2.48. The van der Waals surface area contributed by atoms with E-state index in [2.05, 4.69) is 27.5 Å². The third-order valence-electron chi connectivity index (χ3n) is 3.82. The van der Waals surface area contributed by atoms with Gasteiger partial charge in [0.05, 0.1) is 11.2 Å². The number of anilines is 1. The number of aromatic nitrogens is 3. The molecule has 102 valence electrons. The molecule has 1 aromatic carbocycles. The minimum absolute atomic E-state index is 0.630. The fraction of sp³-hybridized carbons (Fsp3) is 0.333. The van der Waals surface area contributed by atoms with Crippen molar-refractivity contribution in [3.8, 4) is 0 Å². The quantitative estimate of drug-likeness (QED) is 0.799. The van der Waals surface area contributed by atoms with E-state index in [1.165, 1.54) is 12.8 Å². The van der Waals surface area contributed by atoms with Crippen molar-refractivity contribution in [3.63, 3.8) is 0 Å². The SMILES string of the molecule is Cc1nn2c(nc(NCC3CC3)c3ccccc32)c1Cl. The van der Waals surface area contributed by atoms with Gasteiger partial charge in [0.1, 0.15) is 10.8 Å². The van der Waals surface area contributed by atoms with Gasteiger partial charge in [-0.1, -0.05) is 23.7 Å². The Balaban J connectivity index is 1.96. The molecule has 1 fully saturated rings. The molecule has 1 aliphatic carbocycles. The van der Waals surface area contributed by atoms with E-state index in [1.54, 1.807) is 0 Å². The van der Waals surface area contributed by atoms with Crippen molar-refractivity contribution in [2.45, 2.75) is 19.8 Å². The lowest BCUT2D eigenvalue weighted by molar-refractivity contribution is 0.882. The molecular weight excluding hydrogens is 272 g/mol. The number of para-hydroxylation sites is 1. The lowest BCUT2D eigenvalue weighted by Crippen LogP contribution is -2.07. The first-order chi connectivity index (χ1) is 9.74. The minimum atomic E-state index is 0.630. The average Bonchev–Trinajstić information content (AvgIpc) is 3.25. The van der Waals surface area contributed by atoms with Crippen LogP contribution < -0.4 is 5.32 Å². The molecule has 2 aromatic heterocycles. The van der Waals surface area contributed by atoms with E-state index >= 15 is 0 Å². The summed E-state index contributed by atoms with van der Waals surface area (Å²) in [5.74, 6) is 1.70. The van der Waals surface area contributed by atoms with Crippen molar-refractivity contribution < 1.29 is 0 Å². The van der Waals surface area contributed by atoms with E-state index in [1.807, 2.05) is 23.6 Å². The third-order valence-corrected chi connectivity index (χ3v) is 4.27. The average molecular weight is 287 g/mol. The first-order valence-electron chi connectivity index (χ1n) is 6.91. The Hall–Kier alpha value is -1.81. The monoisotopic (exact) mass is 286 g/mol. The van der Waals surface area contributed by atoms with Crippen molar-refractivity contribution in [3.05, 3.63) is 35.0 Å². The number of benzene rings is 1. The number of fused-ring (bicyclic) bond motifs is 3. The van der Waals surface area contributed by atoms with Gasteiger partial charge in [-0.2, -0.15) is 5.10 Å². The molecular formula is C15H15ClN4. The Morgan fingerprint density at radius 1 is 1.35 bits per heavy atom. The van der Waals surface area contributed by atoms with Gasteiger partial charge in [0.2, 0.25) is 0 Å². The number of hydrogen-bond acceptors (Lipinski definition) is 3. The van der Waals surface area contributed by atoms with Crippen LogP contribution in [0.25, 0.3) is 16.6 Å². The lowest BCUT2D eigenvalue weighted by Gasteiger charge is -2.09. The van der Waals surface area contributed by atoms with Crippen LogP contribution in [-0.4, -0.2) is 21.1 Å². The summed E-state index contributed by atoms with van der Waals surface area (Å²) in [5.41, 5.74) is 2.57. The highest BCUT2D eigenvalue weighted by Crippen LogP contribution is 2.31. The van der Waals surface area contributed by atoms with E-state index in [-0.39, 0.29) is 0 Å². The Morgan fingerprint density at radius 2 is 2.15 bits per heavy atom. The Morgan fingerprint density at radius 3 is 2.95 bits per heavy atom. The summed E-state index contributed by atoms with van der Waals surface area (Å²) in [6, 6.07) is 8.16. The molecule has 0 aliphatic heterocycles. The summed E-state index contributed by atoms with van der Waals surface area (Å²) in [7, 11) is 0. The van der Waals surface area contributed by atoms with Crippen LogP contribution in [0.1, 0.15) is 18.5 Å². The smallest absolute Gasteiger partial charge is 0.176 e. The highest BCUT2D eigenvalue weighted by Gasteiger charge is 2.22. The van der Waals surface area contributed by atoms with Crippen LogP contribution in [0.4, 0.5) is 5.82 Å². The topological polar surface area (TPSA) is 42.2 Å². The van der Waals surface area contributed by atoms with Crippen molar-refractivity contribution in [2.75, 3.05) is 11.9 Å².